The average Bonchev–Trinajstić information content (AvgIpc) is 2.75. The van der Waals surface area contributed by atoms with Crippen LogP contribution in [-0.2, 0) is 11.2 Å². The highest BCUT2D eigenvalue weighted by Crippen LogP contribution is 2.23. The number of carboxylic acids is 1. The van der Waals surface area contributed by atoms with Gasteiger partial charge in [-0.2, -0.15) is 0 Å². The largest absolute Gasteiger partial charge is 0.481 e. The first-order valence-corrected chi connectivity index (χ1v) is 6.00. The van der Waals surface area contributed by atoms with Crippen molar-refractivity contribution in [2.24, 2.45) is 5.41 Å². The van der Waals surface area contributed by atoms with Crippen LogP contribution in [-0.4, -0.2) is 21.0 Å². The van der Waals surface area contributed by atoms with Crippen LogP contribution in [0.25, 0.3) is 11.5 Å². The van der Waals surface area contributed by atoms with E-state index in [1.54, 1.807) is 26.1 Å². The molecule has 2 rings (SSSR count). The minimum absolute atomic E-state index is 0.274. The van der Waals surface area contributed by atoms with Crippen LogP contribution >= 0.6 is 0 Å². The lowest BCUT2D eigenvalue weighted by Crippen LogP contribution is -2.27. The second-order valence-corrected chi connectivity index (χ2v) is 5.13. The third kappa shape index (κ3) is 2.99. The fourth-order valence-electron chi connectivity index (χ4n) is 1.66. The summed E-state index contributed by atoms with van der Waals surface area (Å²) in [4.78, 5) is 19.6. The first-order chi connectivity index (χ1) is 8.88. The highest BCUT2D eigenvalue weighted by Gasteiger charge is 2.28. The first-order valence-electron chi connectivity index (χ1n) is 6.00. The maximum Gasteiger partial charge on any atom is 0.309 e. The topological polar surface area (TPSA) is 76.2 Å². The van der Waals surface area contributed by atoms with Gasteiger partial charge >= 0.3 is 5.97 Å². The summed E-state index contributed by atoms with van der Waals surface area (Å²) in [6.45, 7) is 5.17. The van der Waals surface area contributed by atoms with Gasteiger partial charge in [-0.25, -0.2) is 9.97 Å². The molecule has 0 saturated carbocycles. The minimum Gasteiger partial charge on any atom is -0.481 e. The lowest BCUT2D eigenvalue weighted by atomic mass is 9.89. The van der Waals surface area contributed by atoms with Crippen LogP contribution in [0.5, 0.6) is 0 Å². The fourth-order valence-corrected chi connectivity index (χ4v) is 1.66. The molecular formula is C14H16N2O3. The van der Waals surface area contributed by atoms with E-state index in [4.69, 9.17) is 9.52 Å². The van der Waals surface area contributed by atoms with E-state index in [-0.39, 0.29) is 6.42 Å². The summed E-state index contributed by atoms with van der Waals surface area (Å²) in [5, 5.41) is 9.12. The van der Waals surface area contributed by atoms with Crippen LogP contribution in [0.2, 0.25) is 0 Å². The van der Waals surface area contributed by atoms with E-state index in [2.05, 4.69) is 9.97 Å². The molecule has 2 heterocycles. The molecule has 19 heavy (non-hydrogen) atoms. The number of carbonyl (C=O) groups is 1. The van der Waals surface area contributed by atoms with Crippen LogP contribution in [0.1, 0.15) is 25.4 Å². The molecule has 0 radical (unpaired) electrons. The molecule has 1 N–H and O–H groups in total. The van der Waals surface area contributed by atoms with E-state index in [9.17, 15) is 4.79 Å². The number of nitrogens with zero attached hydrogens (tertiary/aromatic N) is 2. The molecular weight excluding hydrogens is 244 g/mol. The molecule has 5 nitrogen and oxygen atoms in total. The molecule has 0 amide bonds. The van der Waals surface area contributed by atoms with Gasteiger partial charge < -0.3 is 9.52 Å². The summed E-state index contributed by atoms with van der Waals surface area (Å²) in [5.41, 5.74) is -0.225. The van der Waals surface area contributed by atoms with Crippen LogP contribution < -0.4 is 0 Å². The van der Waals surface area contributed by atoms with Gasteiger partial charge in [0, 0.05) is 12.6 Å². The monoisotopic (exact) mass is 260 g/mol. The summed E-state index contributed by atoms with van der Waals surface area (Å²) in [6.07, 6.45) is 1.89. The zero-order valence-electron chi connectivity index (χ0n) is 11.2. The van der Waals surface area contributed by atoms with Crippen molar-refractivity contribution in [2.45, 2.75) is 27.2 Å². The number of hydrogen-bond acceptors (Lipinski definition) is 4. The summed E-state index contributed by atoms with van der Waals surface area (Å²) in [6, 6.07) is 5.44. The van der Waals surface area contributed by atoms with Gasteiger partial charge in [-0.05, 0) is 39.0 Å². The van der Waals surface area contributed by atoms with E-state index in [1.807, 2.05) is 19.1 Å². The Morgan fingerprint density at radius 3 is 2.68 bits per heavy atom. The molecule has 0 bridgehead atoms. The van der Waals surface area contributed by atoms with Crippen molar-refractivity contribution in [3.05, 3.63) is 36.0 Å². The Morgan fingerprint density at radius 1 is 1.37 bits per heavy atom. The SMILES string of the molecule is Cc1ccc(-c2ccnc(CC(C)(C)C(=O)O)n2)o1. The number of aliphatic carboxylic acids is 1. The molecule has 2 aromatic rings. The minimum atomic E-state index is -0.891. The molecule has 0 atom stereocenters. The van der Waals surface area contributed by atoms with Crippen molar-refractivity contribution >= 4 is 5.97 Å². The smallest absolute Gasteiger partial charge is 0.309 e. The second kappa shape index (κ2) is 4.84. The molecule has 0 unspecified atom stereocenters. The predicted molar refractivity (Wildman–Crippen MR) is 69.6 cm³/mol. The lowest BCUT2D eigenvalue weighted by molar-refractivity contribution is -0.146. The lowest BCUT2D eigenvalue weighted by Gasteiger charge is -2.17. The zero-order chi connectivity index (χ0) is 14.0. The van der Waals surface area contributed by atoms with E-state index in [0.717, 1.165) is 5.76 Å². The molecule has 0 fully saturated rings. The molecule has 0 saturated heterocycles. The molecule has 5 heteroatoms. The Balaban J connectivity index is 2.27. The maximum atomic E-state index is 11.1. The number of rotatable bonds is 4. The van der Waals surface area contributed by atoms with Gasteiger partial charge in [0.25, 0.3) is 0 Å². The van der Waals surface area contributed by atoms with Crippen molar-refractivity contribution in [1.29, 1.82) is 0 Å². The molecule has 2 aromatic heterocycles. The highest BCUT2D eigenvalue weighted by molar-refractivity contribution is 5.73. The van der Waals surface area contributed by atoms with Gasteiger partial charge in [-0.3, -0.25) is 4.79 Å². The highest BCUT2D eigenvalue weighted by atomic mass is 16.4. The van der Waals surface area contributed by atoms with Gasteiger partial charge in [0.05, 0.1) is 5.41 Å². The van der Waals surface area contributed by atoms with Crippen molar-refractivity contribution < 1.29 is 14.3 Å². The molecule has 100 valence electrons. The molecule has 0 aromatic carbocycles. The van der Waals surface area contributed by atoms with E-state index >= 15 is 0 Å². The van der Waals surface area contributed by atoms with Crippen molar-refractivity contribution in [1.82, 2.24) is 9.97 Å². The van der Waals surface area contributed by atoms with Gasteiger partial charge in [-0.15, -0.1) is 0 Å². The molecule has 0 spiro atoms. The van der Waals surface area contributed by atoms with Gasteiger partial charge in [0.2, 0.25) is 0 Å². The third-order valence-electron chi connectivity index (χ3n) is 2.88. The first kappa shape index (κ1) is 13.3. The number of aromatic nitrogens is 2. The Bertz CT molecular complexity index is 602. The number of carboxylic acid groups (broad SMARTS) is 1. The van der Waals surface area contributed by atoms with Crippen LogP contribution in [0.3, 0.4) is 0 Å². The van der Waals surface area contributed by atoms with Gasteiger partial charge in [-0.1, -0.05) is 0 Å². The Morgan fingerprint density at radius 2 is 2.11 bits per heavy atom. The quantitative estimate of drug-likeness (QED) is 0.914. The molecule has 0 aliphatic carbocycles. The third-order valence-corrected chi connectivity index (χ3v) is 2.88. The fraction of sp³-hybridized carbons (Fsp3) is 0.357. The van der Waals surface area contributed by atoms with Crippen LogP contribution in [0.4, 0.5) is 0 Å². The van der Waals surface area contributed by atoms with Gasteiger partial charge in [0.15, 0.2) is 5.76 Å². The second-order valence-electron chi connectivity index (χ2n) is 5.13. The number of furan rings is 1. The van der Waals surface area contributed by atoms with E-state index < -0.39 is 11.4 Å². The van der Waals surface area contributed by atoms with Crippen LogP contribution in [0.15, 0.2) is 28.8 Å². The van der Waals surface area contributed by atoms with Crippen molar-refractivity contribution in [2.75, 3.05) is 0 Å². The Kier molecular flexibility index (Phi) is 3.38. The zero-order valence-corrected chi connectivity index (χ0v) is 11.2. The summed E-state index contributed by atoms with van der Waals surface area (Å²) >= 11 is 0. The van der Waals surface area contributed by atoms with Crippen molar-refractivity contribution in [3.8, 4) is 11.5 Å². The van der Waals surface area contributed by atoms with Crippen LogP contribution in [0, 0.1) is 12.3 Å². The standard InChI is InChI=1S/C14H16N2O3/c1-9-4-5-11(19-9)10-6-7-15-12(16-10)8-14(2,3)13(17)18/h4-7H,8H2,1-3H3,(H,17,18). The van der Waals surface area contributed by atoms with E-state index in [1.165, 1.54) is 0 Å². The normalized spacial score (nSPS) is 11.5. The molecule has 0 aliphatic heterocycles. The maximum absolute atomic E-state index is 11.1. The van der Waals surface area contributed by atoms with E-state index in [0.29, 0.717) is 17.3 Å². The molecule has 0 aliphatic rings. The number of hydrogen-bond donors (Lipinski definition) is 1. The Hall–Kier alpha value is -2.17. The summed E-state index contributed by atoms with van der Waals surface area (Å²) < 4.78 is 5.50. The summed E-state index contributed by atoms with van der Waals surface area (Å²) in [7, 11) is 0. The number of aryl methyl sites for hydroxylation is 1. The summed E-state index contributed by atoms with van der Waals surface area (Å²) in [5.74, 6) is 1.10. The van der Waals surface area contributed by atoms with Gasteiger partial charge in [0.1, 0.15) is 17.3 Å². The van der Waals surface area contributed by atoms with Crippen molar-refractivity contribution in [3.63, 3.8) is 0 Å². The Labute approximate surface area is 111 Å². The predicted octanol–water partition coefficient (Wildman–Crippen LogP) is 2.70. The average molecular weight is 260 g/mol.